The third-order valence-electron chi connectivity index (χ3n) is 5.84. The molecular weight excluding hydrogens is 493 g/mol. The van der Waals surface area contributed by atoms with E-state index in [4.69, 9.17) is 9.47 Å². The molecule has 2 atom stereocenters. The van der Waals surface area contributed by atoms with E-state index in [2.05, 4.69) is 44.5 Å². The van der Waals surface area contributed by atoms with Gasteiger partial charge in [-0.25, -0.2) is 0 Å². The number of rotatable bonds is 8. The molecule has 0 aromatic heterocycles. The number of hydrogen-bond acceptors (Lipinski definition) is 5. The van der Waals surface area contributed by atoms with Gasteiger partial charge in [0.2, 0.25) is 0 Å². The van der Waals surface area contributed by atoms with Gasteiger partial charge >= 0.3 is 0 Å². The molecule has 170 valence electrons. The van der Waals surface area contributed by atoms with Crippen LogP contribution in [0.4, 0.5) is 5.69 Å². The molecule has 2 N–H and O–H groups in total. The Labute approximate surface area is 198 Å². The lowest BCUT2D eigenvalue weighted by Gasteiger charge is -2.23. The van der Waals surface area contributed by atoms with Gasteiger partial charge in [-0.05, 0) is 38.3 Å². The van der Waals surface area contributed by atoms with E-state index in [1.165, 1.54) is 32.5 Å². The van der Waals surface area contributed by atoms with E-state index in [1.807, 2.05) is 13.1 Å². The van der Waals surface area contributed by atoms with Gasteiger partial charge in [-0.3, -0.25) is 4.99 Å². The van der Waals surface area contributed by atoms with Crippen LogP contribution in [0.15, 0.2) is 23.2 Å². The van der Waals surface area contributed by atoms with E-state index in [0.717, 1.165) is 49.2 Å². The van der Waals surface area contributed by atoms with Crippen molar-refractivity contribution in [2.45, 2.75) is 32.2 Å². The number of likely N-dealkylation sites (tertiary alicyclic amines) is 1. The molecule has 1 aromatic rings. The number of ether oxygens (including phenoxy) is 2. The summed E-state index contributed by atoms with van der Waals surface area (Å²) in [7, 11) is 5.22. The van der Waals surface area contributed by atoms with E-state index >= 15 is 0 Å². The Morgan fingerprint density at radius 3 is 2.40 bits per heavy atom. The first-order valence-corrected chi connectivity index (χ1v) is 10.8. The highest BCUT2D eigenvalue weighted by Crippen LogP contribution is 2.30. The van der Waals surface area contributed by atoms with Crippen LogP contribution in [0.25, 0.3) is 0 Å². The monoisotopic (exact) mass is 531 g/mol. The lowest BCUT2D eigenvalue weighted by Crippen LogP contribution is -2.46. The smallest absolute Gasteiger partial charge is 0.191 e. The number of aliphatic imine (C=N–C) groups is 1. The lowest BCUT2D eigenvalue weighted by molar-refractivity contribution is 0.287. The Morgan fingerprint density at radius 1 is 1.13 bits per heavy atom. The largest absolute Gasteiger partial charge is 0.497 e. The summed E-state index contributed by atoms with van der Waals surface area (Å²) in [4.78, 5) is 9.37. The van der Waals surface area contributed by atoms with Gasteiger partial charge in [-0.2, -0.15) is 0 Å². The lowest BCUT2D eigenvalue weighted by atomic mass is 10.1. The fourth-order valence-corrected chi connectivity index (χ4v) is 4.22. The van der Waals surface area contributed by atoms with Crippen molar-refractivity contribution in [3.63, 3.8) is 0 Å². The summed E-state index contributed by atoms with van der Waals surface area (Å²) in [6.07, 6.45) is 3.77. The maximum atomic E-state index is 5.41. The molecule has 30 heavy (non-hydrogen) atoms. The van der Waals surface area contributed by atoms with Gasteiger partial charge in [-0.1, -0.05) is 6.92 Å². The van der Waals surface area contributed by atoms with Crippen LogP contribution in [0, 0.1) is 5.92 Å². The van der Waals surface area contributed by atoms with Crippen molar-refractivity contribution in [1.29, 1.82) is 0 Å². The summed E-state index contributed by atoms with van der Waals surface area (Å²) in [5.41, 5.74) is 1.13. The van der Waals surface area contributed by atoms with Gasteiger partial charge < -0.3 is 29.9 Å². The molecule has 2 saturated heterocycles. The minimum atomic E-state index is 0. The molecule has 0 amide bonds. The van der Waals surface area contributed by atoms with E-state index in [9.17, 15) is 0 Å². The SMILES string of the molecule is CN=C(NCC(C)CN1CCCC1)NC1CCN(c2cc(OC)cc(OC)c2)C1.I. The zero-order valence-corrected chi connectivity index (χ0v) is 21.1. The molecule has 0 spiro atoms. The number of methoxy groups -OCH3 is 2. The Balaban J connectivity index is 0.00000320. The number of nitrogens with zero attached hydrogens (tertiary/aromatic N) is 3. The predicted molar refractivity (Wildman–Crippen MR) is 135 cm³/mol. The summed E-state index contributed by atoms with van der Waals surface area (Å²) in [5, 5.41) is 7.11. The summed E-state index contributed by atoms with van der Waals surface area (Å²) < 4.78 is 10.8. The number of halogens is 1. The van der Waals surface area contributed by atoms with Crippen LogP contribution in [0.5, 0.6) is 11.5 Å². The Hall–Kier alpha value is -1.42. The van der Waals surface area contributed by atoms with Crippen LogP contribution in [0.3, 0.4) is 0 Å². The second kappa shape index (κ2) is 12.4. The van der Waals surface area contributed by atoms with Crippen molar-refractivity contribution in [3.8, 4) is 11.5 Å². The highest BCUT2D eigenvalue weighted by Gasteiger charge is 2.24. The third-order valence-corrected chi connectivity index (χ3v) is 5.84. The van der Waals surface area contributed by atoms with Crippen molar-refractivity contribution < 1.29 is 9.47 Å². The molecule has 1 aromatic carbocycles. The molecule has 0 saturated carbocycles. The first kappa shape index (κ1) is 24.8. The van der Waals surface area contributed by atoms with Crippen molar-refractivity contribution >= 4 is 35.6 Å². The van der Waals surface area contributed by atoms with Gasteiger partial charge in [-0.15, -0.1) is 24.0 Å². The third kappa shape index (κ3) is 7.08. The van der Waals surface area contributed by atoms with Crippen LogP contribution < -0.4 is 25.0 Å². The maximum absolute atomic E-state index is 5.41. The summed E-state index contributed by atoms with van der Waals surface area (Å²) in [6, 6.07) is 6.41. The fraction of sp³-hybridized carbons (Fsp3) is 0.682. The van der Waals surface area contributed by atoms with Gasteiger partial charge in [0.1, 0.15) is 11.5 Å². The average molecular weight is 531 g/mol. The molecule has 8 heteroatoms. The molecule has 0 aliphatic carbocycles. The normalized spacial score (nSPS) is 20.6. The van der Waals surface area contributed by atoms with Crippen molar-refractivity contribution in [2.24, 2.45) is 10.9 Å². The molecular formula is C22H38IN5O2. The average Bonchev–Trinajstić information content (AvgIpc) is 3.42. The van der Waals surface area contributed by atoms with Crippen LogP contribution in [-0.2, 0) is 0 Å². The van der Waals surface area contributed by atoms with Gasteiger partial charge in [0, 0.05) is 63.2 Å². The van der Waals surface area contributed by atoms with E-state index in [-0.39, 0.29) is 24.0 Å². The van der Waals surface area contributed by atoms with Crippen LogP contribution in [-0.4, -0.2) is 77.4 Å². The molecule has 2 heterocycles. The maximum Gasteiger partial charge on any atom is 0.191 e. The number of benzene rings is 1. The second-order valence-corrected chi connectivity index (χ2v) is 8.21. The summed E-state index contributed by atoms with van der Waals surface area (Å²) >= 11 is 0. The summed E-state index contributed by atoms with van der Waals surface area (Å²) in [5.74, 6) is 3.14. The van der Waals surface area contributed by atoms with Gasteiger partial charge in [0.25, 0.3) is 0 Å². The minimum Gasteiger partial charge on any atom is -0.497 e. The number of guanidine groups is 1. The Kier molecular flexibility index (Phi) is 10.3. The zero-order chi connectivity index (χ0) is 20.6. The van der Waals surface area contributed by atoms with E-state index in [1.54, 1.807) is 14.2 Å². The Morgan fingerprint density at radius 2 is 1.80 bits per heavy atom. The minimum absolute atomic E-state index is 0. The highest BCUT2D eigenvalue weighted by molar-refractivity contribution is 14.0. The van der Waals surface area contributed by atoms with Gasteiger partial charge in [0.05, 0.1) is 14.2 Å². The highest BCUT2D eigenvalue weighted by atomic mass is 127. The molecule has 0 bridgehead atoms. The predicted octanol–water partition coefficient (Wildman–Crippen LogP) is 2.80. The van der Waals surface area contributed by atoms with E-state index in [0.29, 0.717) is 12.0 Å². The zero-order valence-electron chi connectivity index (χ0n) is 18.8. The van der Waals surface area contributed by atoms with Crippen molar-refractivity contribution in [3.05, 3.63) is 18.2 Å². The van der Waals surface area contributed by atoms with Crippen LogP contribution in [0.2, 0.25) is 0 Å². The first-order chi connectivity index (χ1) is 14.1. The standard InChI is InChI=1S/C22H37N5O2.HI/c1-17(15-26-8-5-6-9-26)14-24-22(23-2)25-18-7-10-27(16-18)19-11-20(28-3)13-21(12-19)29-4;/h11-13,17-18H,5-10,14-16H2,1-4H3,(H2,23,24,25);1H. The topological polar surface area (TPSA) is 61.4 Å². The quantitative estimate of drug-likeness (QED) is 0.306. The number of anilines is 1. The molecule has 2 unspecified atom stereocenters. The molecule has 2 aliphatic heterocycles. The molecule has 3 rings (SSSR count). The molecule has 2 fully saturated rings. The molecule has 0 radical (unpaired) electrons. The number of hydrogen-bond donors (Lipinski definition) is 2. The first-order valence-electron chi connectivity index (χ1n) is 10.8. The van der Waals surface area contributed by atoms with Crippen molar-refractivity contribution in [1.82, 2.24) is 15.5 Å². The van der Waals surface area contributed by atoms with Crippen LogP contribution in [0.1, 0.15) is 26.2 Å². The fourth-order valence-electron chi connectivity index (χ4n) is 4.22. The van der Waals surface area contributed by atoms with Crippen LogP contribution >= 0.6 is 24.0 Å². The summed E-state index contributed by atoms with van der Waals surface area (Å²) in [6.45, 7) is 8.86. The molecule has 2 aliphatic rings. The second-order valence-electron chi connectivity index (χ2n) is 8.21. The Bertz CT molecular complexity index is 659. The van der Waals surface area contributed by atoms with Gasteiger partial charge in [0.15, 0.2) is 5.96 Å². The molecule has 7 nitrogen and oxygen atoms in total. The van der Waals surface area contributed by atoms with Crippen molar-refractivity contribution in [2.75, 3.05) is 65.4 Å². The number of nitrogens with one attached hydrogen (secondary N) is 2. The van der Waals surface area contributed by atoms with E-state index < -0.39 is 0 Å².